The van der Waals surface area contributed by atoms with E-state index < -0.39 is 41.9 Å². The van der Waals surface area contributed by atoms with Gasteiger partial charge >= 0.3 is 5.97 Å². The number of carbonyl (C=O) groups is 1. The number of carboxylic acids is 1. The van der Waals surface area contributed by atoms with E-state index >= 15 is 0 Å². The zero-order valence-electron chi connectivity index (χ0n) is 19.5. The Balaban J connectivity index is 1.69. The van der Waals surface area contributed by atoms with Crippen LogP contribution in [0.2, 0.25) is 0 Å². The summed E-state index contributed by atoms with van der Waals surface area (Å²) in [7, 11) is 3.21. The summed E-state index contributed by atoms with van der Waals surface area (Å²) in [5, 5.41) is 20.8. The Hall–Kier alpha value is -3.39. The lowest BCUT2D eigenvalue weighted by Crippen LogP contribution is -2.50. The van der Waals surface area contributed by atoms with Crippen LogP contribution in [-0.4, -0.2) is 54.8 Å². The van der Waals surface area contributed by atoms with E-state index in [9.17, 15) is 15.0 Å². The Labute approximate surface area is 203 Å². The van der Waals surface area contributed by atoms with Gasteiger partial charge in [-0.1, -0.05) is 54.6 Å². The van der Waals surface area contributed by atoms with E-state index in [1.807, 2.05) is 78.9 Å². The van der Waals surface area contributed by atoms with Crippen molar-refractivity contribution in [3.05, 3.63) is 95.6 Å². The number of aliphatic carboxylic acids is 1. The van der Waals surface area contributed by atoms with Crippen LogP contribution in [0.1, 0.15) is 23.1 Å². The van der Waals surface area contributed by atoms with E-state index in [1.54, 1.807) is 14.2 Å². The highest BCUT2D eigenvalue weighted by Gasteiger charge is 2.59. The van der Waals surface area contributed by atoms with Crippen molar-refractivity contribution in [3.8, 4) is 11.5 Å². The molecule has 7 nitrogen and oxygen atoms in total. The van der Waals surface area contributed by atoms with E-state index in [2.05, 4.69) is 0 Å². The molecule has 2 heterocycles. The minimum absolute atomic E-state index is 0.268. The Morgan fingerprint density at radius 3 is 1.83 bits per heavy atom. The molecule has 3 aromatic rings. The summed E-state index contributed by atoms with van der Waals surface area (Å²) in [5.41, 5.74) is 1.27. The predicted octanol–water partition coefficient (Wildman–Crippen LogP) is 3.61. The molecule has 0 amide bonds. The molecule has 0 radical (unpaired) electrons. The number of fused-ring (bicyclic) bond motifs is 2. The lowest BCUT2D eigenvalue weighted by molar-refractivity contribution is -0.153. The van der Waals surface area contributed by atoms with Crippen molar-refractivity contribution in [2.24, 2.45) is 5.92 Å². The summed E-state index contributed by atoms with van der Waals surface area (Å²) in [6.07, 6.45) is -2.86. The quantitative estimate of drug-likeness (QED) is 0.480. The average Bonchev–Trinajstić information content (AvgIpc) is 3.47. The number of ether oxygens (including phenoxy) is 4. The topological polar surface area (TPSA) is 94.5 Å². The van der Waals surface area contributed by atoms with Gasteiger partial charge in [0.2, 0.25) is 0 Å². The lowest BCUT2D eigenvalue weighted by atomic mass is 9.78. The van der Waals surface area contributed by atoms with E-state index in [0.29, 0.717) is 11.5 Å². The number of carboxylic acid groups (broad SMARTS) is 1. The number of hydrogen-bond acceptors (Lipinski definition) is 6. The van der Waals surface area contributed by atoms with Gasteiger partial charge in [-0.05, 0) is 47.4 Å². The molecule has 2 fully saturated rings. The maximum atomic E-state index is 11.9. The molecule has 3 aromatic carbocycles. The second-order valence-corrected chi connectivity index (χ2v) is 8.90. The zero-order chi connectivity index (χ0) is 24.6. The van der Waals surface area contributed by atoms with Crippen LogP contribution in [0.3, 0.4) is 0 Å². The van der Waals surface area contributed by atoms with Gasteiger partial charge in [0.1, 0.15) is 35.4 Å². The van der Waals surface area contributed by atoms with Crippen molar-refractivity contribution in [2.45, 2.75) is 36.4 Å². The molecule has 2 bridgehead atoms. The van der Waals surface area contributed by atoms with Gasteiger partial charge in [-0.15, -0.1) is 0 Å². The van der Waals surface area contributed by atoms with Gasteiger partial charge in [-0.3, -0.25) is 4.79 Å². The Morgan fingerprint density at radius 2 is 1.37 bits per heavy atom. The molecule has 2 saturated heterocycles. The molecule has 0 spiro atoms. The van der Waals surface area contributed by atoms with Gasteiger partial charge in [0.15, 0.2) is 0 Å². The maximum absolute atomic E-state index is 11.9. The number of aliphatic hydroxyl groups excluding tert-OH is 1. The molecule has 0 aromatic heterocycles. The molecule has 2 aliphatic heterocycles. The molecule has 0 saturated carbocycles. The van der Waals surface area contributed by atoms with Gasteiger partial charge in [-0.2, -0.15) is 0 Å². The summed E-state index contributed by atoms with van der Waals surface area (Å²) in [5.74, 6) is -0.301. The summed E-state index contributed by atoms with van der Waals surface area (Å²) in [6.45, 7) is 0. The van der Waals surface area contributed by atoms with Gasteiger partial charge in [-0.25, -0.2) is 0 Å². The first-order valence-corrected chi connectivity index (χ1v) is 11.6. The second kappa shape index (κ2) is 9.34. The van der Waals surface area contributed by atoms with E-state index in [1.165, 1.54) is 0 Å². The molecule has 0 unspecified atom stereocenters. The molecule has 7 heteroatoms. The molecule has 0 aliphatic carbocycles. The fourth-order valence-corrected chi connectivity index (χ4v) is 5.28. The van der Waals surface area contributed by atoms with Crippen molar-refractivity contribution in [1.29, 1.82) is 0 Å². The number of rotatable bonds is 8. The summed E-state index contributed by atoms with van der Waals surface area (Å²) < 4.78 is 23.6. The van der Waals surface area contributed by atoms with Crippen LogP contribution in [0.5, 0.6) is 11.5 Å². The van der Waals surface area contributed by atoms with Crippen molar-refractivity contribution in [1.82, 2.24) is 0 Å². The van der Waals surface area contributed by atoms with Crippen molar-refractivity contribution >= 4 is 5.97 Å². The van der Waals surface area contributed by atoms with Gasteiger partial charge in [0.25, 0.3) is 0 Å². The third-order valence-corrected chi connectivity index (χ3v) is 7.06. The number of methoxy groups -OCH3 is 2. The van der Waals surface area contributed by atoms with Gasteiger partial charge in [0.05, 0.1) is 26.2 Å². The number of aliphatic hydroxyl groups is 1. The van der Waals surface area contributed by atoms with Crippen LogP contribution in [-0.2, 0) is 19.9 Å². The third-order valence-electron chi connectivity index (χ3n) is 7.06. The molecule has 2 N–H and O–H groups in total. The fraction of sp³-hybridized carbons (Fsp3) is 0.321. The van der Waals surface area contributed by atoms with Crippen molar-refractivity contribution in [3.63, 3.8) is 0 Å². The lowest BCUT2D eigenvalue weighted by Gasteiger charge is -2.41. The minimum Gasteiger partial charge on any atom is -0.497 e. The third kappa shape index (κ3) is 3.95. The van der Waals surface area contributed by atoms with E-state index in [0.717, 1.165) is 16.7 Å². The molecule has 5 rings (SSSR count). The van der Waals surface area contributed by atoms with Crippen LogP contribution < -0.4 is 9.47 Å². The number of hydrogen-bond donors (Lipinski definition) is 2. The van der Waals surface area contributed by atoms with Gasteiger partial charge < -0.3 is 29.2 Å². The summed E-state index contributed by atoms with van der Waals surface area (Å²) in [6, 6.07) is 24.8. The highest BCUT2D eigenvalue weighted by atomic mass is 16.6. The molecule has 2 aliphatic rings. The monoisotopic (exact) mass is 476 g/mol. The van der Waals surface area contributed by atoms with Crippen molar-refractivity contribution in [2.75, 3.05) is 14.2 Å². The van der Waals surface area contributed by atoms with Gasteiger partial charge in [0, 0.05) is 0 Å². The molecular formula is C28H28O7. The van der Waals surface area contributed by atoms with E-state index in [4.69, 9.17) is 18.9 Å². The normalized spacial score (nSPS) is 25.4. The second-order valence-electron chi connectivity index (χ2n) is 8.90. The fourth-order valence-electron chi connectivity index (χ4n) is 5.28. The van der Waals surface area contributed by atoms with Crippen LogP contribution in [0.4, 0.5) is 0 Å². The first kappa shape index (κ1) is 23.4. The molecule has 35 heavy (non-hydrogen) atoms. The van der Waals surface area contributed by atoms with E-state index in [-0.39, 0.29) is 6.42 Å². The van der Waals surface area contributed by atoms with Crippen LogP contribution in [0.15, 0.2) is 78.9 Å². The van der Waals surface area contributed by atoms with Crippen molar-refractivity contribution < 1.29 is 34.0 Å². The summed E-state index contributed by atoms with van der Waals surface area (Å²) in [4.78, 5) is 11.9. The first-order chi connectivity index (χ1) is 17.0. The Bertz CT molecular complexity index is 1110. The smallest absolute Gasteiger partial charge is 0.309 e. The number of benzene rings is 3. The SMILES string of the molecule is COc1ccc(C(O[C@H]2[C@@H](O)[C@@H]3C[C@@H](C(=O)O)[C@H]2O3)(c2ccccc2)c2ccc(OC)cc2)cc1. The predicted molar refractivity (Wildman–Crippen MR) is 128 cm³/mol. The standard InChI is InChI=1S/C28H28O7/c1-32-20-12-8-18(9-13-20)28(17-6-4-3-5-7-17,19-10-14-21(33-2)15-11-19)35-26-24(29)23-16-22(27(30)31)25(26)34-23/h3-15,22-26,29H,16H2,1-2H3,(H,30,31)/t22-,23+,24+,25-,26+/m1/s1. The average molecular weight is 477 g/mol. The molecular weight excluding hydrogens is 448 g/mol. The molecule has 5 atom stereocenters. The van der Waals surface area contributed by atoms with Crippen LogP contribution in [0, 0.1) is 5.92 Å². The maximum Gasteiger partial charge on any atom is 0.309 e. The molecule has 182 valence electrons. The zero-order valence-corrected chi connectivity index (χ0v) is 19.5. The first-order valence-electron chi connectivity index (χ1n) is 11.6. The highest BCUT2D eigenvalue weighted by Crippen LogP contribution is 2.48. The Morgan fingerprint density at radius 1 is 0.857 bits per heavy atom. The van der Waals surface area contributed by atoms with Crippen LogP contribution in [0.25, 0.3) is 0 Å². The van der Waals surface area contributed by atoms with Crippen LogP contribution >= 0.6 is 0 Å². The summed E-state index contributed by atoms with van der Waals surface area (Å²) >= 11 is 0. The highest BCUT2D eigenvalue weighted by molar-refractivity contribution is 5.71. The Kier molecular flexibility index (Phi) is 6.23. The largest absolute Gasteiger partial charge is 0.497 e. The minimum atomic E-state index is -1.16.